The van der Waals surface area contributed by atoms with E-state index in [0.29, 0.717) is 18.0 Å². The SMILES string of the molecule is Cc1noc(C)c1CCC(=O)Nc1nnc(C2CCCO2)s1. The third-order valence-corrected chi connectivity index (χ3v) is 4.61. The highest BCUT2D eigenvalue weighted by atomic mass is 32.1. The minimum atomic E-state index is -0.0879. The van der Waals surface area contributed by atoms with Crippen molar-refractivity contribution in [1.29, 1.82) is 0 Å². The lowest BCUT2D eigenvalue weighted by Crippen LogP contribution is -2.12. The fourth-order valence-corrected chi connectivity index (χ4v) is 3.31. The van der Waals surface area contributed by atoms with Crippen molar-refractivity contribution in [2.45, 2.75) is 45.6 Å². The molecule has 22 heavy (non-hydrogen) atoms. The van der Waals surface area contributed by atoms with Crippen LogP contribution in [0.4, 0.5) is 5.13 Å². The monoisotopic (exact) mass is 322 g/mol. The van der Waals surface area contributed by atoms with E-state index < -0.39 is 0 Å². The van der Waals surface area contributed by atoms with Gasteiger partial charge in [0.15, 0.2) is 0 Å². The second-order valence-electron chi connectivity index (χ2n) is 5.30. The van der Waals surface area contributed by atoms with E-state index >= 15 is 0 Å². The van der Waals surface area contributed by atoms with Gasteiger partial charge in [-0.05, 0) is 33.1 Å². The van der Waals surface area contributed by atoms with Gasteiger partial charge in [0.1, 0.15) is 16.9 Å². The van der Waals surface area contributed by atoms with E-state index in [1.807, 2.05) is 13.8 Å². The number of hydrogen-bond donors (Lipinski definition) is 1. The summed E-state index contributed by atoms with van der Waals surface area (Å²) in [5.41, 5.74) is 1.83. The van der Waals surface area contributed by atoms with Crippen molar-refractivity contribution in [2.24, 2.45) is 0 Å². The average molecular weight is 322 g/mol. The smallest absolute Gasteiger partial charge is 0.226 e. The number of hydrogen-bond acceptors (Lipinski definition) is 7. The van der Waals surface area contributed by atoms with Crippen LogP contribution in [0.15, 0.2) is 4.52 Å². The number of anilines is 1. The van der Waals surface area contributed by atoms with E-state index in [1.54, 1.807) is 0 Å². The molecule has 2 aromatic heterocycles. The number of aryl methyl sites for hydroxylation is 2. The number of ether oxygens (including phenoxy) is 1. The van der Waals surface area contributed by atoms with E-state index in [0.717, 1.165) is 41.5 Å². The molecule has 8 heteroatoms. The zero-order valence-electron chi connectivity index (χ0n) is 12.6. The summed E-state index contributed by atoms with van der Waals surface area (Å²) in [7, 11) is 0. The van der Waals surface area contributed by atoms with Crippen LogP contribution >= 0.6 is 11.3 Å². The second kappa shape index (κ2) is 6.53. The number of aromatic nitrogens is 3. The third-order valence-electron chi connectivity index (χ3n) is 3.68. The Balaban J connectivity index is 1.53. The van der Waals surface area contributed by atoms with Crippen LogP contribution in [-0.4, -0.2) is 27.9 Å². The Morgan fingerprint density at radius 3 is 2.95 bits per heavy atom. The zero-order valence-corrected chi connectivity index (χ0v) is 13.4. The molecule has 7 nitrogen and oxygen atoms in total. The van der Waals surface area contributed by atoms with Crippen molar-refractivity contribution in [3.8, 4) is 0 Å². The maximum Gasteiger partial charge on any atom is 0.226 e. The van der Waals surface area contributed by atoms with Crippen molar-refractivity contribution in [3.05, 3.63) is 22.0 Å². The van der Waals surface area contributed by atoms with Gasteiger partial charge in [0.05, 0.1) is 5.69 Å². The van der Waals surface area contributed by atoms with Gasteiger partial charge in [0, 0.05) is 18.6 Å². The van der Waals surface area contributed by atoms with Crippen LogP contribution in [0.3, 0.4) is 0 Å². The standard InChI is InChI=1S/C14H18N4O3S/c1-8-10(9(2)21-18-8)5-6-12(19)15-14-17-16-13(22-14)11-4-3-7-20-11/h11H,3-7H2,1-2H3,(H,15,17,19). The molecule has 0 spiro atoms. The Morgan fingerprint density at radius 1 is 1.41 bits per heavy atom. The van der Waals surface area contributed by atoms with Gasteiger partial charge < -0.3 is 14.6 Å². The number of carbonyl (C=O) groups excluding carboxylic acids is 1. The summed E-state index contributed by atoms with van der Waals surface area (Å²) < 4.78 is 10.6. The number of nitrogens with one attached hydrogen (secondary N) is 1. The van der Waals surface area contributed by atoms with Crippen molar-refractivity contribution in [1.82, 2.24) is 15.4 Å². The lowest BCUT2D eigenvalue weighted by molar-refractivity contribution is -0.116. The molecule has 1 amide bonds. The summed E-state index contributed by atoms with van der Waals surface area (Å²) in [6.07, 6.45) is 3.01. The lowest BCUT2D eigenvalue weighted by Gasteiger charge is -2.02. The molecule has 0 saturated carbocycles. The summed E-state index contributed by atoms with van der Waals surface area (Å²) in [5, 5.41) is 16.1. The molecule has 1 fully saturated rings. The molecule has 1 aliphatic heterocycles. The Bertz CT molecular complexity index is 641. The van der Waals surface area contributed by atoms with Gasteiger partial charge in [-0.25, -0.2) is 0 Å². The van der Waals surface area contributed by atoms with Gasteiger partial charge in [-0.1, -0.05) is 16.5 Å². The molecule has 0 bridgehead atoms. The molecule has 2 aromatic rings. The average Bonchev–Trinajstić information content (AvgIpc) is 3.20. The fourth-order valence-electron chi connectivity index (χ4n) is 2.47. The van der Waals surface area contributed by atoms with Crippen molar-refractivity contribution >= 4 is 22.4 Å². The first kappa shape index (κ1) is 15.1. The van der Waals surface area contributed by atoms with Crippen molar-refractivity contribution < 1.29 is 14.1 Å². The van der Waals surface area contributed by atoms with Gasteiger partial charge >= 0.3 is 0 Å². The van der Waals surface area contributed by atoms with Crippen LogP contribution in [0.25, 0.3) is 0 Å². The maximum atomic E-state index is 12.0. The van der Waals surface area contributed by atoms with E-state index in [-0.39, 0.29) is 12.0 Å². The summed E-state index contributed by atoms with van der Waals surface area (Å²) in [4.78, 5) is 12.0. The first-order chi connectivity index (χ1) is 10.6. The highest BCUT2D eigenvalue weighted by Gasteiger charge is 2.22. The first-order valence-electron chi connectivity index (χ1n) is 7.30. The van der Waals surface area contributed by atoms with Crippen LogP contribution in [0.1, 0.15) is 47.4 Å². The molecule has 0 radical (unpaired) electrons. The second-order valence-corrected chi connectivity index (χ2v) is 6.31. The molecular weight excluding hydrogens is 304 g/mol. The highest BCUT2D eigenvalue weighted by molar-refractivity contribution is 7.15. The van der Waals surface area contributed by atoms with E-state index in [1.165, 1.54) is 11.3 Å². The molecule has 1 saturated heterocycles. The largest absolute Gasteiger partial charge is 0.371 e. The minimum Gasteiger partial charge on any atom is -0.371 e. The molecule has 3 rings (SSSR count). The highest BCUT2D eigenvalue weighted by Crippen LogP contribution is 2.31. The van der Waals surface area contributed by atoms with Gasteiger partial charge in [-0.3, -0.25) is 4.79 Å². The van der Waals surface area contributed by atoms with Crippen LogP contribution in [0.5, 0.6) is 0 Å². The maximum absolute atomic E-state index is 12.0. The molecule has 118 valence electrons. The van der Waals surface area contributed by atoms with Gasteiger partial charge in [0.25, 0.3) is 0 Å². The molecule has 1 unspecified atom stereocenters. The first-order valence-corrected chi connectivity index (χ1v) is 8.11. The number of nitrogens with zero attached hydrogens (tertiary/aromatic N) is 3. The number of amides is 1. The number of carbonyl (C=O) groups is 1. The van der Waals surface area contributed by atoms with Crippen molar-refractivity contribution in [3.63, 3.8) is 0 Å². The Morgan fingerprint density at radius 2 is 2.27 bits per heavy atom. The minimum absolute atomic E-state index is 0.0328. The van der Waals surface area contributed by atoms with Gasteiger partial charge in [0.2, 0.25) is 11.0 Å². The topological polar surface area (TPSA) is 90.1 Å². The molecule has 0 aliphatic carbocycles. The van der Waals surface area contributed by atoms with Crippen LogP contribution < -0.4 is 5.32 Å². The summed E-state index contributed by atoms with van der Waals surface area (Å²) >= 11 is 1.38. The predicted molar refractivity (Wildman–Crippen MR) is 80.8 cm³/mol. The van der Waals surface area contributed by atoms with Crippen LogP contribution in [0, 0.1) is 13.8 Å². The molecule has 1 N–H and O–H groups in total. The molecular formula is C14H18N4O3S. The van der Waals surface area contributed by atoms with E-state index in [2.05, 4.69) is 20.7 Å². The van der Waals surface area contributed by atoms with Gasteiger partial charge in [-0.2, -0.15) is 0 Å². The number of rotatable bonds is 5. The lowest BCUT2D eigenvalue weighted by atomic mass is 10.1. The summed E-state index contributed by atoms with van der Waals surface area (Å²) in [6.45, 7) is 4.50. The van der Waals surface area contributed by atoms with E-state index in [4.69, 9.17) is 9.26 Å². The van der Waals surface area contributed by atoms with Gasteiger partial charge in [-0.15, -0.1) is 10.2 Å². The fraction of sp³-hybridized carbons (Fsp3) is 0.571. The molecule has 1 atom stereocenters. The Kier molecular flexibility index (Phi) is 4.49. The van der Waals surface area contributed by atoms with E-state index in [9.17, 15) is 4.79 Å². The van der Waals surface area contributed by atoms with Crippen LogP contribution in [0.2, 0.25) is 0 Å². The summed E-state index contributed by atoms with van der Waals surface area (Å²) in [6, 6.07) is 0. The molecule has 1 aliphatic rings. The molecule has 0 aromatic carbocycles. The zero-order chi connectivity index (χ0) is 15.5. The molecule has 3 heterocycles. The normalized spacial score (nSPS) is 17.8. The Labute approximate surface area is 132 Å². The van der Waals surface area contributed by atoms with Crippen molar-refractivity contribution in [2.75, 3.05) is 11.9 Å². The summed E-state index contributed by atoms with van der Waals surface area (Å²) in [5.74, 6) is 0.678. The van der Waals surface area contributed by atoms with Crippen LogP contribution in [-0.2, 0) is 16.0 Å². The quantitative estimate of drug-likeness (QED) is 0.910. The third kappa shape index (κ3) is 3.33. The Hall–Kier alpha value is -1.80. The predicted octanol–water partition coefficient (Wildman–Crippen LogP) is 2.57.